The Morgan fingerprint density at radius 1 is 1.00 bits per heavy atom. The van der Waals surface area contributed by atoms with Gasteiger partial charge in [0.1, 0.15) is 11.9 Å². The molecule has 0 radical (unpaired) electrons. The van der Waals surface area contributed by atoms with E-state index in [1.807, 2.05) is 30.3 Å². The number of piperidine rings is 1. The molecule has 1 saturated heterocycles. The Hall–Kier alpha value is -3.22. The summed E-state index contributed by atoms with van der Waals surface area (Å²) in [6.45, 7) is 1.78. The maximum atomic E-state index is 13.2. The molecule has 2 aromatic carbocycles. The van der Waals surface area contributed by atoms with Gasteiger partial charge in [-0.15, -0.1) is 5.10 Å². The van der Waals surface area contributed by atoms with Gasteiger partial charge in [0.05, 0.1) is 0 Å². The van der Waals surface area contributed by atoms with Crippen LogP contribution in [0.25, 0.3) is 0 Å². The lowest BCUT2D eigenvalue weighted by molar-refractivity contribution is 0.0938. The maximum Gasteiger partial charge on any atom is 0.318 e. The van der Waals surface area contributed by atoms with Crippen LogP contribution in [0.15, 0.2) is 59.0 Å². The molecule has 1 aromatic heterocycles. The molecule has 1 amide bonds. The van der Waals surface area contributed by atoms with Gasteiger partial charge in [-0.3, -0.25) is 4.79 Å². The van der Waals surface area contributed by atoms with Crippen LogP contribution in [0.3, 0.4) is 0 Å². The van der Waals surface area contributed by atoms with E-state index < -0.39 is 6.04 Å². The van der Waals surface area contributed by atoms with Gasteiger partial charge in [0.2, 0.25) is 5.89 Å². The van der Waals surface area contributed by atoms with Crippen molar-refractivity contribution in [2.45, 2.75) is 25.3 Å². The van der Waals surface area contributed by atoms with Crippen LogP contribution in [-0.4, -0.2) is 29.2 Å². The molecule has 1 aliphatic heterocycles. The van der Waals surface area contributed by atoms with Gasteiger partial charge in [0, 0.05) is 18.7 Å². The molecule has 0 aliphatic carbocycles. The summed E-state index contributed by atoms with van der Waals surface area (Å²) >= 11 is 0. The minimum absolute atomic E-state index is 0.322. The molecule has 0 saturated carbocycles. The zero-order valence-electron chi connectivity index (χ0n) is 15.3. The summed E-state index contributed by atoms with van der Waals surface area (Å²) in [5.41, 5.74) is 1.19. The largest absolute Gasteiger partial charge is 0.405 e. The lowest BCUT2D eigenvalue weighted by Gasteiger charge is -2.24. The number of hydrogen-bond acceptors (Lipinski definition) is 5. The van der Waals surface area contributed by atoms with Crippen LogP contribution in [0.1, 0.15) is 47.1 Å². The van der Waals surface area contributed by atoms with E-state index in [4.69, 9.17) is 4.42 Å². The quantitative estimate of drug-likeness (QED) is 0.730. The van der Waals surface area contributed by atoms with Crippen LogP contribution in [0.4, 0.5) is 10.4 Å². The van der Waals surface area contributed by atoms with Gasteiger partial charge < -0.3 is 14.6 Å². The minimum Gasteiger partial charge on any atom is -0.405 e. The lowest BCUT2D eigenvalue weighted by Crippen LogP contribution is -2.30. The highest BCUT2D eigenvalue weighted by Gasteiger charge is 2.25. The van der Waals surface area contributed by atoms with E-state index in [2.05, 4.69) is 20.4 Å². The number of amides is 1. The second-order valence-electron chi connectivity index (χ2n) is 6.79. The predicted octanol–water partition coefficient (Wildman–Crippen LogP) is 3.72. The van der Waals surface area contributed by atoms with E-state index in [0.29, 0.717) is 17.5 Å². The molecule has 4 rings (SSSR count). The average Bonchev–Trinajstić information content (AvgIpc) is 3.23. The fourth-order valence-corrected chi connectivity index (χ4v) is 3.30. The highest BCUT2D eigenvalue weighted by Crippen LogP contribution is 2.25. The fourth-order valence-electron chi connectivity index (χ4n) is 3.30. The number of carbonyl (C=O) groups excluding carboxylic acids is 1. The highest BCUT2D eigenvalue weighted by molar-refractivity contribution is 5.94. The molecule has 144 valence electrons. The molecular formula is C21H21FN4O2. The molecular weight excluding hydrogens is 359 g/mol. The first-order valence-electron chi connectivity index (χ1n) is 9.40. The number of halogens is 1. The van der Waals surface area contributed by atoms with Gasteiger partial charge >= 0.3 is 6.01 Å². The van der Waals surface area contributed by atoms with Crippen molar-refractivity contribution >= 4 is 11.9 Å². The monoisotopic (exact) mass is 380 g/mol. The van der Waals surface area contributed by atoms with Gasteiger partial charge in [-0.05, 0) is 49.1 Å². The molecule has 0 spiro atoms. The van der Waals surface area contributed by atoms with Crippen LogP contribution in [0.5, 0.6) is 0 Å². The molecule has 1 N–H and O–H groups in total. The summed E-state index contributed by atoms with van der Waals surface area (Å²) in [6, 6.07) is 14.7. The molecule has 28 heavy (non-hydrogen) atoms. The van der Waals surface area contributed by atoms with Crippen molar-refractivity contribution in [1.29, 1.82) is 0 Å². The van der Waals surface area contributed by atoms with Crippen LogP contribution < -0.4 is 10.2 Å². The highest BCUT2D eigenvalue weighted by atomic mass is 19.1. The van der Waals surface area contributed by atoms with E-state index in [1.54, 1.807) is 0 Å². The Morgan fingerprint density at radius 2 is 1.71 bits per heavy atom. The second kappa shape index (κ2) is 8.21. The number of carbonyl (C=O) groups is 1. The molecule has 6 nitrogen and oxygen atoms in total. The number of aromatic nitrogens is 2. The predicted molar refractivity (Wildman–Crippen MR) is 103 cm³/mol. The Morgan fingerprint density at radius 3 is 2.43 bits per heavy atom. The molecule has 3 aromatic rings. The van der Waals surface area contributed by atoms with Crippen molar-refractivity contribution in [1.82, 2.24) is 15.5 Å². The van der Waals surface area contributed by atoms with E-state index >= 15 is 0 Å². The van der Waals surface area contributed by atoms with Gasteiger partial charge in [0.25, 0.3) is 5.91 Å². The molecule has 1 aliphatic rings. The Bertz CT molecular complexity index is 921. The smallest absolute Gasteiger partial charge is 0.318 e. The zero-order chi connectivity index (χ0) is 19.3. The summed E-state index contributed by atoms with van der Waals surface area (Å²) in [7, 11) is 0. The third-order valence-electron chi connectivity index (χ3n) is 4.82. The van der Waals surface area contributed by atoms with Crippen LogP contribution in [0.2, 0.25) is 0 Å². The van der Waals surface area contributed by atoms with Gasteiger partial charge in [-0.25, -0.2) is 4.39 Å². The summed E-state index contributed by atoms with van der Waals surface area (Å²) in [5.74, 6) is -0.409. The van der Waals surface area contributed by atoms with Crippen LogP contribution >= 0.6 is 0 Å². The zero-order valence-corrected chi connectivity index (χ0v) is 15.3. The molecule has 1 fully saturated rings. The van der Waals surface area contributed by atoms with E-state index in [1.165, 1.54) is 30.7 Å². The average molecular weight is 380 g/mol. The van der Waals surface area contributed by atoms with Crippen molar-refractivity contribution in [3.63, 3.8) is 0 Å². The van der Waals surface area contributed by atoms with Crippen LogP contribution in [-0.2, 0) is 0 Å². The van der Waals surface area contributed by atoms with Crippen molar-refractivity contribution in [3.05, 3.63) is 77.4 Å². The van der Waals surface area contributed by atoms with E-state index in [0.717, 1.165) is 31.5 Å². The molecule has 7 heteroatoms. The topological polar surface area (TPSA) is 71.3 Å². The van der Waals surface area contributed by atoms with Crippen molar-refractivity contribution in [3.8, 4) is 0 Å². The fraction of sp³-hybridized carbons (Fsp3) is 0.286. The van der Waals surface area contributed by atoms with Gasteiger partial charge in [0.15, 0.2) is 0 Å². The normalized spacial score (nSPS) is 15.2. The first-order chi connectivity index (χ1) is 13.7. The summed E-state index contributed by atoms with van der Waals surface area (Å²) < 4.78 is 19.1. The number of benzene rings is 2. The SMILES string of the molecule is O=C(NC(c1ccccc1)c1nnc(N2CCCCC2)o1)c1ccc(F)cc1. The number of nitrogens with one attached hydrogen (secondary N) is 1. The van der Waals surface area contributed by atoms with Crippen molar-refractivity contribution < 1.29 is 13.6 Å². The summed E-state index contributed by atoms with van der Waals surface area (Å²) in [5, 5.41) is 11.3. The molecule has 2 heterocycles. The summed E-state index contributed by atoms with van der Waals surface area (Å²) in [6.07, 6.45) is 3.40. The minimum atomic E-state index is -0.593. The Kier molecular flexibility index (Phi) is 5.32. The third-order valence-corrected chi connectivity index (χ3v) is 4.82. The number of anilines is 1. The second-order valence-corrected chi connectivity index (χ2v) is 6.79. The van der Waals surface area contributed by atoms with Crippen molar-refractivity contribution in [2.75, 3.05) is 18.0 Å². The number of hydrogen-bond donors (Lipinski definition) is 1. The van der Waals surface area contributed by atoms with Gasteiger partial charge in [-0.1, -0.05) is 35.4 Å². The standard InChI is InChI=1S/C21H21FN4O2/c22-17-11-9-16(10-12-17)19(27)23-18(15-7-3-1-4-8-15)20-24-25-21(28-20)26-13-5-2-6-14-26/h1,3-4,7-12,18H,2,5-6,13-14H2,(H,23,27). The lowest BCUT2D eigenvalue weighted by atomic mass is 10.1. The molecule has 1 atom stereocenters. The van der Waals surface area contributed by atoms with E-state index in [-0.39, 0.29) is 11.7 Å². The maximum absolute atomic E-state index is 13.2. The van der Waals surface area contributed by atoms with E-state index in [9.17, 15) is 9.18 Å². The summed E-state index contributed by atoms with van der Waals surface area (Å²) in [4.78, 5) is 14.8. The molecule has 1 unspecified atom stereocenters. The molecule has 0 bridgehead atoms. The number of rotatable bonds is 5. The third kappa shape index (κ3) is 4.03. The van der Waals surface area contributed by atoms with Crippen molar-refractivity contribution in [2.24, 2.45) is 0 Å². The first kappa shape index (κ1) is 18.2. The van der Waals surface area contributed by atoms with Gasteiger partial charge in [-0.2, -0.15) is 0 Å². The number of nitrogens with zero attached hydrogens (tertiary/aromatic N) is 3. The van der Waals surface area contributed by atoms with Crippen LogP contribution in [0, 0.1) is 5.82 Å². The Balaban J connectivity index is 1.60. The first-order valence-corrected chi connectivity index (χ1v) is 9.40. The Labute approximate surface area is 162 Å².